The smallest absolute Gasteiger partial charge is 0.251 e. The summed E-state index contributed by atoms with van der Waals surface area (Å²) >= 11 is 2.02. The number of piperidine rings is 1. The lowest BCUT2D eigenvalue weighted by Gasteiger charge is -2.32. The maximum absolute atomic E-state index is 12.4. The van der Waals surface area contributed by atoms with Crippen LogP contribution in [0.1, 0.15) is 60.0 Å². The molecule has 0 spiro atoms. The Morgan fingerprint density at radius 1 is 0.903 bits per heavy atom. The van der Waals surface area contributed by atoms with Gasteiger partial charge in [0.25, 0.3) is 5.91 Å². The number of nitrogens with zero attached hydrogens (tertiary/aromatic N) is 1. The molecule has 1 saturated heterocycles. The number of carbonyl (C=O) groups excluding carboxylic acids is 1. The van der Waals surface area contributed by atoms with Gasteiger partial charge in [-0.25, -0.2) is 0 Å². The second-order valence-electron chi connectivity index (χ2n) is 9.14. The third-order valence-corrected chi connectivity index (χ3v) is 8.12. The molecule has 1 aliphatic carbocycles. The number of rotatable bonds is 9. The summed E-state index contributed by atoms with van der Waals surface area (Å²) < 4.78 is 0. The van der Waals surface area contributed by atoms with Crippen molar-refractivity contribution in [3.63, 3.8) is 0 Å². The van der Waals surface area contributed by atoms with Crippen LogP contribution in [0, 0.1) is 5.92 Å². The molecule has 31 heavy (non-hydrogen) atoms. The first kappa shape index (κ1) is 22.4. The molecule has 0 atom stereocenters. The Morgan fingerprint density at radius 3 is 2.32 bits per heavy atom. The molecular weight excluding hydrogens is 400 g/mol. The molecule has 4 heteroatoms. The van der Waals surface area contributed by atoms with Gasteiger partial charge in [-0.1, -0.05) is 55.3 Å². The van der Waals surface area contributed by atoms with E-state index in [2.05, 4.69) is 52.7 Å². The molecule has 0 bridgehead atoms. The van der Waals surface area contributed by atoms with Crippen LogP contribution in [0.2, 0.25) is 0 Å². The van der Waals surface area contributed by atoms with Gasteiger partial charge >= 0.3 is 0 Å². The van der Waals surface area contributed by atoms with Gasteiger partial charge in [-0.2, -0.15) is 11.8 Å². The van der Waals surface area contributed by atoms with Crippen LogP contribution in [-0.4, -0.2) is 41.4 Å². The molecule has 2 aromatic carbocycles. The number of carbonyl (C=O) groups is 1. The van der Waals surface area contributed by atoms with E-state index in [1.807, 2.05) is 23.9 Å². The highest BCUT2D eigenvalue weighted by Crippen LogP contribution is 2.29. The summed E-state index contributed by atoms with van der Waals surface area (Å²) in [5.74, 6) is 1.88. The van der Waals surface area contributed by atoms with Gasteiger partial charge in [0.1, 0.15) is 0 Å². The van der Waals surface area contributed by atoms with Crippen molar-refractivity contribution in [1.29, 1.82) is 0 Å². The van der Waals surface area contributed by atoms with E-state index in [0.717, 1.165) is 35.6 Å². The molecule has 3 nitrogen and oxygen atoms in total. The summed E-state index contributed by atoms with van der Waals surface area (Å²) in [6, 6.07) is 19.1. The van der Waals surface area contributed by atoms with Gasteiger partial charge in [-0.05, 0) is 74.4 Å². The molecule has 1 heterocycles. The van der Waals surface area contributed by atoms with Crippen LogP contribution < -0.4 is 5.32 Å². The van der Waals surface area contributed by atoms with Crippen molar-refractivity contribution in [3.05, 3.63) is 71.3 Å². The lowest BCUT2D eigenvalue weighted by Crippen LogP contribution is -2.33. The average molecular weight is 437 g/mol. The molecule has 1 amide bonds. The molecular formula is C27H36N2OS. The van der Waals surface area contributed by atoms with Crippen molar-refractivity contribution in [1.82, 2.24) is 10.2 Å². The van der Waals surface area contributed by atoms with Gasteiger partial charge in [0.15, 0.2) is 0 Å². The van der Waals surface area contributed by atoms with Crippen molar-refractivity contribution in [2.45, 2.75) is 56.7 Å². The minimum Gasteiger partial charge on any atom is -0.351 e. The maximum atomic E-state index is 12.4. The largest absolute Gasteiger partial charge is 0.351 e. The molecule has 0 radical (unpaired) electrons. The summed E-state index contributed by atoms with van der Waals surface area (Å²) in [6.45, 7) is 4.08. The zero-order valence-electron chi connectivity index (χ0n) is 18.6. The number of benzene rings is 2. The number of likely N-dealkylation sites (tertiary alicyclic amines) is 1. The van der Waals surface area contributed by atoms with Gasteiger partial charge in [0, 0.05) is 29.7 Å². The number of hydrogen-bond donors (Lipinski definition) is 1. The quantitative estimate of drug-likeness (QED) is 0.523. The minimum absolute atomic E-state index is 0.0558. The van der Waals surface area contributed by atoms with Crippen molar-refractivity contribution >= 4 is 17.7 Å². The van der Waals surface area contributed by atoms with E-state index in [-0.39, 0.29) is 5.91 Å². The van der Waals surface area contributed by atoms with E-state index in [0.29, 0.717) is 0 Å². The molecule has 4 rings (SSSR count). The van der Waals surface area contributed by atoms with Gasteiger partial charge in [0.2, 0.25) is 0 Å². The van der Waals surface area contributed by atoms with Gasteiger partial charge in [0.05, 0.1) is 0 Å². The predicted octanol–water partition coefficient (Wildman–Crippen LogP) is 5.55. The molecule has 1 N–H and O–H groups in total. The summed E-state index contributed by atoms with van der Waals surface area (Å²) in [7, 11) is 0. The Labute approximate surface area is 192 Å². The van der Waals surface area contributed by atoms with Crippen molar-refractivity contribution in [3.8, 4) is 0 Å². The predicted molar refractivity (Wildman–Crippen MR) is 132 cm³/mol. The van der Waals surface area contributed by atoms with Crippen LogP contribution in [-0.2, 0) is 13.0 Å². The SMILES string of the molecule is O=C(NCCSC1CCCC1)c1ccc(CN2CCC(Cc3ccccc3)CC2)cc1. The van der Waals surface area contributed by atoms with Crippen LogP contribution >= 0.6 is 11.8 Å². The highest BCUT2D eigenvalue weighted by molar-refractivity contribution is 7.99. The topological polar surface area (TPSA) is 32.3 Å². The van der Waals surface area contributed by atoms with E-state index in [1.54, 1.807) is 0 Å². The molecule has 166 valence electrons. The Hall–Kier alpha value is -1.78. The Bertz CT molecular complexity index is 794. The number of thioether (sulfide) groups is 1. The fraction of sp³-hybridized carbons (Fsp3) is 0.519. The zero-order chi connectivity index (χ0) is 21.3. The normalized spacial score (nSPS) is 18.3. The van der Waals surface area contributed by atoms with Crippen molar-refractivity contribution in [2.24, 2.45) is 5.92 Å². The monoisotopic (exact) mass is 436 g/mol. The zero-order valence-corrected chi connectivity index (χ0v) is 19.4. The summed E-state index contributed by atoms with van der Waals surface area (Å²) in [5, 5.41) is 3.90. The van der Waals surface area contributed by atoms with Crippen LogP contribution in [0.4, 0.5) is 0 Å². The first-order valence-corrected chi connectivity index (χ1v) is 13.1. The first-order chi connectivity index (χ1) is 15.3. The van der Waals surface area contributed by atoms with Crippen LogP contribution in [0.5, 0.6) is 0 Å². The third kappa shape index (κ3) is 7.11. The Kier molecular flexibility index (Phi) is 8.48. The van der Waals surface area contributed by atoms with Crippen LogP contribution in [0.15, 0.2) is 54.6 Å². The lowest BCUT2D eigenvalue weighted by molar-refractivity contribution is 0.0956. The van der Waals surface area contributed by atoms with Crippen LogP contribution in [0.25, 0.3) is 0 Å². The fourth-order valence-electron chi connectivity index (χ4n) is 4.86. The van der Waals surface area contributed by atoms with Crippen LogP contribution in [0.3, 0.4) is 0 Å². The Morgan fingerprint density at radius 2 is 1.61 bits per heavy atom. The van der Waals surface area contributed by atoms with E-state index in [4.69, 9.17) is 0 Å². The summed E-state index contributed by atoms with van der Waals surface area (Å²) in [6.07, 6.45) is 9.21. The van der Waals surface area contributed by atoms with Crippen molar-refractivity contribution < 1.29 is 4.79 Å². The molecule has 2 aliphatic rings. The number of nitrogens with one attached hydrogen (secondary N) is 1. The highest BCUT2D eigenvalue weighted by atomic mass is 32.2. The number of amides is 1. The fourth-order valence-corrected chi connectivity index (χ4v) is 6.08. The van der Waals surface area contributed by atoms with Crippen molar-refractivity contribution in [2.75, 3.05) is 25.4 Å². The molecule has 0 unspecified atom stereocenters. The third-order valence-electron chi connectivity index (χ3n) is 6.74. The molecule has 1 aliphatic heterocycles. The van der Waals surface area contributed by atoms with Gasteiger partial charge in [-0.15, -0.1) is 0 Å². The highest BCUT2D eigenvalue weighted by Gasteiger charge is 2.19. The summed E-state index contributed by atoms with van der Waals surface area (Å²) in [4.78, 5) is 14.9. The summed E-state index contributed by atoms with van der Waals surface area (Å²) in [5.41, 5.74) is 3.54. The second kappa shape index (κ2) is 11.7. The van der Waals surface area contributed by atoms with Gasteiger partial charge in [-0.3, -0.25) is 9.69 Å². The minimum atomic E-state index is 0.0558. The lowest BCUT2D eigenvalue weighted by atomic mass is 9.90. The molecule has 0 aromatic heterocycles. The Balaban J connectivity index is 1.15. The second-order valence-corrected chi connectivity index (χ2v) is 10.5. The molecule has 1 saturated carbocycles. The molecule has 2 fully saturated rings. The van der Waals surface area contributed by atoms with E-state index >= 15 is 0 Å². The van der Waals surface area contributed by atoms with E-state index < -0.39 is 0 Å². The first-order valence-electron chi connectivity index (χ1n) is 12.0. The van der Waals surface area contributed by atoms with E-state index in [1.165, 1.54) is 69.2 Å². The maximum Gasteiger partial charge on any atom is 0.251 e. The standard InChI is InChI=1S/C27H36N2OS/c30-27(28-16-19-31-26-8-4-5-9-26)25-12-10-24(11-13-25)21-29-17-14-23(15-18-29)20-22-6-2-1-3-7-22/h1-3,6-7,10-13,23,26H,4-5,8-9,14-21H2,(H,28,30). The number of hydrogen-bond acceptors (Lipinski definition) is 3. The van der Waals surface area contributed by atoms with Gasteiger partial charge < -0.3 is 5.32 Å². The average Bonchev–Trinajstić information content (AvgIpc) is 3.33. The molecule has 2 aromatic rings. The van der Waals surface area contributed by atoms with E-state index in [9.17, 15) is 4.79 Å².